The molecule has 8 heteroatoms. The molecule has 4 aromatic rings. The number of aromatic nitrogens is 4. The molecule has 36 heavy (non-hydrogen) atoms. The van der Waals surface area contributed by atoms with Gasteiger partial charge in [-0.1, -0.05) is 12.0 Å². The Kier molecular flexibility index (Phi) is 4.10. The first kappa shape index (κ1) is 19.1. The Labute approximate surface area is 211 Å². The quantitative estimate of drug-likeness (QED) is 0.428. The zero-order valence-corrected chi connectivity index (χ0v) is 19.9. The molecule has 0 saturated carbocycles. The lowest BCUT2D eigenvalue weighted by atomic mass is 9.93. The van der Waals surface area contributed by atoms with E-state index in [-0.39, 0.29) is 17.0 Å². The highest BCUT2D eigenvalue weighted by atomic mass is 19.1. The summed E-state index contributed by atoms with van der Waals surface area (Å²) in [7, 11) is 0. The number of fused-ring (bicyclic) bond motifs is 9. The molecule has 7 nitrogen and oxygen atoms in total. The van der Waals surface area contributed by atoms with Gasteiger partial charge in [-0.3, -0.25) is 4.79 Å². The van der Waals surface area contributed by atoms with Crippen molar-refractivity contribution in [1.29, 1.82) is 0 Å². The predicted octanol–water partition coefficient (Wildman–Crippen LogP) is 4.35. The molecule has 6 rings (SSSR count). The van der Waals surface area contributed by atoms with Gasteiger partial charge in [0.2, 0.25) is 0 Å². The molecule has 0 spiro atoms. The summed E-state index contributed by atoms with van der Waals surface area (Å²) in [4.78, 5) is 27.6. The van der Waals surface area contributed by atoms with Gasteiger partial charge in [0, 0.05) is 63.8 Å². The molecule has 2 aliphatic rings. The van der Waals surface area contributed by atoms with E-state index < -0.39 is 36.4 Å². The molecular formula is C28H24FN5O2. The van der Waals surface area contributed by atoms with Crippen LogP contribution in [0, 0.1) is 17.7 Å². The number of nitrogens with zero attached hydrogens (tertiary/aromatic N) is 5. The standard InChI is InChI=1S/C28H24FN5O2/c1-5-7-15-8-6-9-17-24(15)22-12-23(33(4)26(17)35)25-32-20-11-19(29)18(10-21(20)34(22)25)16-13-30-27(31-14-16)28(2,3)36/h6,8-11,13-14,22-23,36H,12H2,1-4H3/t22-,23-/m1/s1/i4D3. The van der Waals surface area contributed by atoms with Crippen LogP contribution >= 0.6 is 0 Å². The van der Waals surface area contributed by atoms with Gasteiger partial charge in [0.05, 0.1) is 23.1 Å². The summed E-state index contributed by atoms with van der Waals surface area (Å²) in [6.07, 6.45) is 3.21. The fraction of sp³-hybridized carbons (Fsp3) is 0.286. The number of hydrogen-bond donors (Lipinski definition) is 1. The Hall–Kier alpha value is -4.09. The molecule has 0 aliphatic carbocycles. The maximum absolute atomic E-state index is 15.4. The molecule has 2 aliphatic heterocycles. The maximum Gasteiger partial charge on any atom is 0.254 e. The van der Waals surface area contributed by atoms with E-state index in [1.807, 2.05) is 10.6 Å². The van der Waals surface area contributed by atoms with Gasteiger partial charge in [0.1, 0.15) is 17.2 Å². The van der Waals surface area contributed by atoms with E-state index >= 15 is 4.39 Å². The summed E-state index contributed by atoms with van der Waals surface area (Å²) in [5.74, 6) is 5.38. The number of carbonyl (C=O) groups excluding carboxylic acids is 1. The van der Waals surface area contributed by atoms with Crippen LogP contribution in [0.2, 0.25) is 0 Å². The van der Waals surface area contributed by atoms with Gasteiger partial charge < -0.3 is 14.6 Å². The molecule has 0 fully saturated rings. The number of aliphatic hydroxyl groups is 1. The Morgan fingerprint density at radius 2 is 1.97 bits per heavy atom. The molecular weight excluding hydrogens is 457 g/mol. The second kappa shape index (κ2) is 7.70. The van der Waals surface area contributed by atoms with Gasteiger partial charge in [0.25, 0.3) is 5.91 Å². The number of imidazole rings is 1. The van der Waals surface area contributed by atoms with E-state index in [0.29, 0.717) is 40.0 Å². The number of hydrogen-bond acceptors (Lipinski definition) is 5. The van der Waals surface area contributed by atoms with Crippen LogP contribution in [0.15, 0.2) is 42.7 Å². The fourth-order valence-electron chi connectivity index (χ4n) is 5.22. The summed E-state index contributed by atoms with van der Waals surface area (Å²) in [6.45, 7) is 2.10. The highest BCUT2D eigenvalue weighted by Gasteiger charge is 2.44. The summed E-state index contributed by atoms with van der Waals surface area (Å²) in [6, 6.07) is 6.81. The van der Waals surface area contributed by atoms with Crippen molar-refractivity contribution < 1.29 is 18.4 Å². The number of amides is 1. The molecule has 1 N–H and O–H groups in total. The third-order valence-electron chi connectivity index (χ3n) is 6.83. The second-order valence-electron chi connectivity index (χ2n) is 9.60. The Bertz CT molecular complexity index is 1730. The largest absolute Gasteiger partial charge is 0.382 e. The van der Waals surface area contributed by atoms with Crippen LogP contribution in [-0.4, -0.2) is 42.4 Å². The summed E-state index contributed by atoms with van der Waals surface area (Å²) in [5, 5.41) is 10.2. The van der Waals surface area contributed by atoms with Crippen molar-refractivity contribution in [3.63, 3.8) is 0 Å². The monoisotopic (exact) mass is 484 g/mol. The van der Waals surface area contributed by atoms with Crippen LogP contribution in [-0.2, 0) is 5.60 Å². The van der Waals surface area contributed by atoms with Crippen molar-refractivity contribution in [3.8, 4) is 23.0 Å². The van der Waals surface area contributed by atoms with Crippen molar-refractivity contribution in [1.82, 2.24) is 24.4 Å². The van der Waals surface area contributed by atoms with E-state index in [0.717, 1.165) is 4.90 Å². The first-order valence-corrected chi connectivity index (χ1v) is 11.6. The van der Waals surface area contributed by atoms with Crippen molar-refractivity contribution in [2.24, 2.45) is 0 Å². The van der Waals surface area contributed by atoms with Crippen LogP contribution in [0.4, 0.5) is 4.39 Å². The fourth-order valence-corrected chi connectivity index (χ4v) is 5.22. The van der Waals surface area contributed by atoms with Crippen LogP contribution in [0.5, 0.6) is 0 Å². The lowest BCUT2D eigenvalue weighted by molar-refractivity contribution is 0.0686. The van der Waals surface area contributed by atoms with E-state index in [1.165, 1.54) is 18.5 Å². The molecule has 0 unspecified atom stereocenters. The average Bonchev–Trinajstić information content (AvgIpc) is 3.35. The van der Waals surface area contributed by atoms with Crippen molar-refractivity contribution in [3.05, 3.63) is 76.9 Å². The maximum atomic E-state index is 15.4. The Morgan fingerprint density at radius 1 is 1.19 bits per heavy atom. The van der Waals surface area contributed by atoms with Crippen molar-refractivity contribution in [2.45, 2.75) is 44.9 Å². The third-order valence-corrected chi connectivity index (χ3v) is 6.83. The van der Waals surface area contributed by atoms with Gasteiger partial charge in [-0.25, -0.2) is 19.3 Å². The van der Waals surface area contributed by atoms with E-state index in [9.17, 15) is 9.90 Å². The van der Waals surface area contributed by atoms with Crippen molar-refractivity contribution >= 4 is 16.9 Å². The van der Waals surface area contributed by atoms with E-state index in [4.69, 9.17) is 4.11 Å². The van der Waals surface area contributed by atoms with Crippen LogP contribution < -0.4 is 0 Å². The normalized spacial score (nSPS) is 20.1. The first-order valence-electron chi connectivity index (χ1n) is 13.1. The topological polar surface area (TPSA) is 84.1 Å². The zero-order chi connectivity index (χ0) is 27.9. The predicted molar refractivity (Wildman–Crippen MR) is 133 cm³/mol. The Balaban J connectivity index is 1.61. The lowest BCUT2D eigenvalue weighted by Crippen LogP contribution is -2.30. The SMILES string of the molecule is [2H]C([2H])([2H])N1C(=O)c2cccc(C#CC)c2[C@H]2C[C@@H]1c1nc3cc(F)c(-c4cnc(C(C)(C)O)nc4)cc3n12. The summed E-state index contributed by atoms with van der Waals surface area (Å²) in [5.41, 5.74) is 1.88. The molecule has 4 heterocycles. The van der Waals surface area contributed by atoms with Gasteiger partial charge in [-0.15, -0.1) is 5.92 Å². The number of rotatable bonds is 2. The van der Waals surface area contributed by atoms with Crippen LogP contribution in [0.3, 0.4) is 0 Å². The molecule has 1 amide bonds. The van der Waals surface area contributed by atoms with Gasteiger partial charge in [0.15, 0.2) is 5.82 Å². The number of carbonyl (C=O) groups is 1. The third kappa shape index (κ3) is 3.16. The van der Waals surface area contributed by atoms with Gasteiger partial charge in [-0.05, 0) is 39.0 Å². The highest BCUT2D eigenvalue weighted by Crippen LogP contribution is 2.48. The van der Waals surface area contributed by atoms with Crippen LogP contribution in [0.25, 0.3) is 22.2 Å². The summed E-state index contributed by atoms with van der Waals surface area (Å²) < 4.78 is 41.8. The summed E-state index contributed by atoms with van der Waals surface area (Å²) >= 11 is 0. The van der Waals surface area contributed by atoms with Gasteiger partial charge >= 0.3 is 0 Å². The molecule has 2 aromatic heterocycles. The Morgan fingerprint density at radius 3 is 2.67 bits per heavy atom. The average molecular weight is 485 g/mol. The molecule has 180 valence electrons. The van der Waals surface area contributed by atoms with Gasteiger partial charge in [-0.2, -0.15) is 0 Å². The minimum Gasteiger partial charge on any atom is -0.382 e. The zero-order valence-electron chi connectivity index (χ0n) is 22.9. The number of halogens is 1. The molecule has 2 bridgehead atoms. The minimum absolute atomic E-state index is 0.207. The van der Waals surface area contributed by atoms with Crippen molar-refractivity contribution in [2.75, 3.05) is 6.98 Å². The smallest absolute Gasteiger partial charge is 0.254 e. The molecule has 2 aromatic carbocycles. The highest BCUT2D eigenvalue weighted by molar-refractivity contribution is 5.98. The van der Waals surface area contributed by atoms with E-state index in [2.05, 4.69) is 26.8 Å². The first-order chi connectivity index (χ1) is 18.4. The number of benzene rings is 2. The lowest BCUT2D eigenvalue weighted by Gasteiger charge is -2.24. The molecule has 2 atom stereocenters. The minimum atomic E-state index is -2.72. The second-order valence-corrected chi connectivity index (χ2v) is 9.60. The van der Waals surface area contributed by atoms with E-state index in [1.54, 1.807) is 39.0 Å². The molecule has 0 radical (unpaired) electrons. The van der Waals surface area contributed by atoms with Crippen LogP contribution in [0.1, 0.15) is 76.5 Å². The molecule has 0 saturated heterocycles.